The zero-order valence-electron chi connectivity index (χ0n) is 17.4. The van der Waals surface area contributed by atoms with Crippen molar-refractivity contribution in [1.82, 2.24) is 0 Å². The van der Waals surface area contributed by atoms with Crippen molar-refractivity contribution in [2.45, 2.75) is 65.0 Å². The molecule has 2 rings (SSSR count). The smallest absolute Gasteiger partial charge is 0.334 e. The predicted molar refractivity (Wildman–Crippen MR) is 106 cm³/mol. The molecule has 1 aliphatic carbocycles. The van der Waals surface area contributed by atoms with Crippen molar-refractivity contribution in [2.75, 3.05) is 0 Å². The van der Waals surface area contributed by atoms with E-state index in [1.54, 1.807) is 45.9 Å². The summed E-state index contributed by atoms with van der Waals surface area (Å²) in [6, 6.07) is 0. The van der Waals surface area contributed by atoms with E-state index < -0.39 is 47.7 Å². The molecule has 0 aromatic carbocycles. The predicted octanol–water partition coefficient (Wildman–Crippen LogP) is 2.55. The van der Waals surface area contributed by atoms with Crippen molar-refractivity contribution in [3.8, 4) is 0 Å². The second-order valence-electron chi connectivity index (χ2n) is 7.70. The summed E-state index contributed by atoms with van der Waals surface area (Å²) in [5.74, 6) is -2.30. The van der Waals surface area contributed by atoms with Crippen LogP contribution in [0.2, 0.25) is 0 Å². The summed E-state index contributed by atoms with van der Waals surface area (Å²) in [5, 5.41) is 10.9. The molecule has 0 saturated carbocycles. The van der Waals surface area contributed by atoms with Gasteiger partial charge in [-0.1, -0.05) is 18.7 Å². The summed E-state index contributed by atoms with van der Waals surface area (Å²) >= 11 is 0. The highest BCUT2D eigenvalue weighted by atomic mass is 16.6. The highest BCUT2D eigenvalue weighted by Crippen LogP contribution is 2.37. The summed E-state index contributed by atoms with van der Waals surface area (Å²) in [6.45, 7) is 11.7. The Hall–Kier alpha value is -2.67. The summed E-state index contributed by atoms with van der Waals surface area (Å²) in [4.78, 5) is 36.1. The van der Waals surface area contributed by atoms with Gasteiger partial charge in [-0.25, -0.2) is 9.59 Å². The fourth-order valence-electron chi connectivity index (χ4n) is 3.36. The third-order valence-corrected chi connectivity index (χ3v) is 5.09. The van der Waals surface area contributed by atoms with E-state index in [4.69, 9.17) is 14.2 Å². The molecule has 7 nitrogen and oxygen atoms in total. The van der Waals surface area contributed by atoms with Gasteiger partial charge in [0.05, 0.1) is 11.5 Å². The summed E-state index contributed by atoms with van der Waals surface area (Å²) in [5.41, 5.74) is -0.214. The van der Waals surface area contributed by atoms with Gasteiger partial charge in [0, 0.05) is 24.5 Å². The van der Waals surface area contributed by atoms with E-state index in [-0.39, 0.29) is 12.0 Å². The van der Waals surface area contributed by atoms with Gasteiger partial charge in [0.1, 0.15) is 18.3 Å². The average molecular weight is 404 g/mol. The molecule has 1 fully saturated rings. The van der Waals surface area contributed by atoms with E-state index in [1.165, 1.54) is 13.0 Å². The molecule has 1 saturated heterocycles. The SMILES string of the molecule is C=C1C(=O)O[C@@H]2/C=C(\C)[C@@H](OC(C)=O)/C=C\[C@](C)(O)C[C@@H](OC(=O)/C(C)=C\C)[C@@H]12. The van der Waals surface area contributed by atoms with Crippen LogP contribution in [0.3, 0.4) is 0 Å². The third-order valence-electron chi connectivity index (χ3n) is 5.09. The van der Waals surface area contributed by atoms with E-state index in [0.717, 1.165) is 0 Å². The van der Waals surface area contributed by atoms with Gasteiger partial charge in [0.2, 0.25) is 0 Å². The topological polar surface area (TPSA) is 99.1 Å². The second kappa shape index (κ2) is 8.78. The number of hydrogen-bond donors (Lipinski definition) is 1. The molecule has 2 aliphatic rings. The van der Waals surface area contributed by atoms with Crippen LogP contribution in [-0.2, 0) is 28.6 Å². The molecule has 0 bridgehead atoms. The first-order valence-electron chi connectivity index (χ1n) is 9.46. The lowest BCUT2D eigenvalue weighted by Gasteiger charge is -2.32. The van der Waals surface area contributed by atoms with E-state index in [2.05, 4.69) is 6.58 Å². The molecule has 0 amide bonds. The molecule has 5 atom stereocenters. The van der Waals surface area contributed by atoms with Gasteiger partial charge in [0.25, 0.3) is 0 Å². The monoisotopic (exact) mass is 404 g/mol. The van der Waals surface area contributed by atoms with E-state index in [0.29, 0.717) is 11.1 Å². The number of ether oxygens (including phenoxy) is 3. The van der Waals surface area contributed by atoms with Gasteiger partial charge in [-0.15, -0.1) is 0 Å². The maximum absolute atomic E-state index is 12.4. The zero-order valence-corrected chi connectivity index (χ0v) is 17.4. The van der Waals surface area contributed by atoms with Crippen LogP contribution in [0.4, 0.5) is 0 Å². The number of aliphatic hydroxyl groups is 1. The minimum absolute atomic E-state index is 0.00272. The van der Waals surface area contributed by atoms with Crippen LogP contribution in [-0.4, -0.2) is 46.9 Å². The molecule has 29 heavy (non-hydrogen) atoms. The molecule has 1 N–H and O–H groups in total. The highest BCUT2D eigenvalue weighted by molar-refractivity contribution is 5.92. The Kier molecular flexibility index (Phi) is 6.85. The van der Waals surface area contributed by atoms with Crippen LogP contribution in [0.25, 0.3) is 0 Å². The molecule has 0 aromatic heterocycles. The van der Waals surface area contributed by atoms with Crippen LogP contribution >= 0.6 is 0 Å². The Balaban J connectivity index is 2.51. The Bertz CT molecular complexity index is 800. The van der Waals surface area contributed by atoms with Crippen molar-refractivity contribution in [2.24, 2.45) is 5.92 Å². The lowest BCUT2D eigenvalue weighted by Crippen LogP contribution is -2.40. The zero-order chi connectivity index (χ0) is 21.9. The number of carbonyl (C=O) groups is 3. The molecule has 1 aliphatic heterocycles. The molecule has 1 heterocycles. The first-order chi connectivity index (χ1) is 13.4. The molecule has 0 radical (unpaired) electrons. The Labute approximate surface area is 170 Å². The van der Waals surface area contributed by atoms with E-state index in [1.807, 2.05) is 0 Å². The lowest BCUT2D eigenvalue weighted by atomic mass is 9.82. The number of fused-ring (bicyclic) bond motifs is 1. The number of allylic oxidation sites excluding steroid dienone is 1. The lowest BCUT2D eigenvalue weighted by molar-refractivity contribution is -0.150. The van der Waals surface area contributed by atoms with Crippen molar-refractivity contribution in [3.63, 3.8) is 0 Å². The average Bonchev–Trinajstić information content (AvgIpc) is 2.89. The Morgan fingerprint density at radius 3 is 2.59 bits per heavy atom. The number of carbonyl (C=O) groups excluding carboxylic acids is 3. The van der Waals surface area contributed by atoms with Crippen molar-refractivity contribution in [3.05, 3.63) is 47.6 Å². The van der Waals surface area contributed by atoms with Gasteiger partial charge in [-0.05, 0) is 45.4 Å². The Morgan fingerprint density at radius 1 is 1.34 bits per heavy atom. The minimum Gasteiger partial charge on any atom is -0.458 e. The Morgan fingerprint density at radius 2 is 2.00 bits per heavy atom. The minimum atomic E-state index is -1.40. The van der Waals surface area contributed by atoms with Crippen molar-refractivity contribution in [1.29, 1.82) is 0 Å². The van der Waals surface area contributed by atoms with E-state index in [9.17, 15) is 19.5 Å². The molecule has 158 valence electrons. The van der Waals surface area contributed by atoms with Gasteiger partial charge < -0.3 is 19.3 Å². The number of esters is 3. The van der Waals surface area contributed by atoms with Gasteiger partial charge in [-0.2, -0.15) is 0 Å². The number of hydrogen-bond acceptors (Lipinski definition) is 7. The fourth-order valence-corrected chi connectivity index (χ4v) is 3.36. The van der Waals surface area contributed by atoms with Crippen molar-refractivity contribution >= 4 is 17.9 Å². The largest absolute Gasteiger partial charge is 0.458 e. The summed E-state index contributed by atoms with van der Waals surface area (Å²) in [7, 11) is 0. The molecular formula is C22H28O7. The highest BCUT2D eigenvalue weighted by Gasteiger charge is 2.46. The summed E-state index contributed by atoms with van der Waals surface area (Å²) in [6.07, 6.45) is 4.02. The first kappa shape index (κ1) is 22.6. The van der Waals surface area contributed by atoms with Crippen molar-refractivity contribution < 1.29 is 33.7 Å². The van der Waals surface area contributed by atoms with E-state index >= 15 is 0 Å². The van der Waals surface area contributed by atoms with Crippen LogP contribution in [0.5, 0.6) is 0 Å². The van der Waals surface area contributed by atoms with Gasteiger partial charge in [0.15, 0.2) is 0 Å². The standard InChI is InChI=1S/C22H28O7/c1-7-12(2)20(24)29-18-11-22(6,26)9-8-16(27-15(5)23)13(3)10-17-19(18)14(4)21(25)28-17/h7-10,16-19,26H,4,11H2,1-3,5-6H3/b9-8-,12-7-,13-10+/t16-,17+,18+,19-,22-/m0/s1. The summed E-state index contributed by atoms with van der Waals surface area (Å²) < 4.78 is 16.4. The maximum Gasteiger partial charge on any atom is 0.334 e. The van der Waals surface area contributed by atoms with Gasteiger partial charge in [-0.3, -0.25) is 4.79 Å². The third kappa shape index (κ3) is 5.44. The molecule has 0 aromatic rings. The number of rotatable bonds is 3. The quantitative estimate of drug-likeness (QED) is 0.334. The molecule has 0 spiro atoms. The van der Waals surface area contributed by atoms with Crippen LogP contribution < -0.4 is 0 Å². The molecule has 0 unspecified atom stereocenters. The molecular weight excluding hydrogens is 376 g/mol. The normalized spacial score (nSPS) is 35.7. The molecule has 7 heteroatoms. The second-order valence-corrected chi connectivity index (χ2v) is 7.70. The maximum atomic E-state index is 12.4. The van der Waals surface area contributed by atoms with Gasteiger partial charge >= 0.3 is 17.9 Å². The first-order valence-corrected chi connectivity index (χ1v) is 9.46. The van der Waals surface area contributed by atoms with Crippen LogP contribution in [0.15, 0.2) is 47.6 Å². The van der Waals surface area contributed by atoms with Crippen LogP contribution in [0.1, 0.15) is 41.0 Å². The van der Waals surface area contributed by atoms with Crippen LogP contribution in [0, 0.1) is 5.92 Å². The fraction of sp³-hybridized carbons (Fsp3) is 0.500.